The van der Waals surface area contributed by atoms with Gasteiger partial charge in [0.2, 0.25) is 0 Å². The van der Waals surface area contributed by atoms with Crippen molar-refractivity contribution in [3.05, 3.63) is 22.1 Å². The van der Waals surface area contributed by atoms with Crippen LogP contribution in [0.15, 0.2) is 22.1 Å². The highest BCUT2D eigenvalue weighted by atomic mass is 32.2. The minimum absolute atomic E-state index is 0.202. The quantitative estimate of drug-likeness (QED) is 0.597. The van der Waals surface area contributed by atoms with E-state index in [4.69, 9.17) is 0 Å². The van der Waals surface area contributed by atoms with Crippen LogP contribution in [-0.2, 0) is 9.59 Å². The van der Waals surface area contributed by atoms with Crippen LogP contribution in [-0.4, -0.2) is 17.8 Å². The van der Waals surface area contributed by atoms with Gasteiger partial charge >= 0.3 is 0 Å². The minimum atomic E-state index is 0.202. The van der Waals surface area contributed by atoms with Crippen LogP contribution < -0.4 is 0 Å². The Kier molecular flexibility index (Phi) is 2.36. The van der Waals surface area contributed by atoms with Gasteiger partial charge in [-0.1, -0.05) is 0 Å². The predicted molar refractivity (Wildman–Crippen MR) is 52.5 cm³/mol. The van der Waals surface area contributed by atoms with Crippen molar-refractivity contribution in [3.8, 4) is 0 Å². The van der Waals surface area contributed by atoms with Gasteiger partial charge in [0.05, 0.1) is 0 Å². The Morgan fingerprint density at radius 3 is 3.00 bits per heavy atom. The van der Waals surface area contributed by atoms with Gasteiger partial charge in [-0.25, -0.2) is 0 Å². The van der Waals surface area contributed by atoms with Crippen LogP contribution in [0.2, 0.25) is 0 Å². The molecule has 0 spiro atoms. The maximum atomic E-state index is 11.5. The molecule has 13 heavy (non-hydrogen) atoms. The summed E-state index contributed by atoms with van der Waals surface area (Å²) in [5.74, 6) is 0.933. The first-order chi connectivity index (χ1) is 6.31. The molecule has 2 aliphatic rings. The molecule has 0 saturated heterocycles. The lowest BCUT2D eigenvalue weighted by molar-refractivity contribution is -0.115. The molecule has 0 aromatic carbocycles. The first-order valence-electron chi connectivity index (χ1n) is 4.36. The van der Waals surface area contributed by atoms with Crippen LogP contribution in [0.25, 0.3) is 0 Å². The fourth-order valence-electron chi connectivity index (χ4n) is 1.61. The lowest BCUT2D eigenvalue weighted by Gasteiger charge is -2.20. The Morgan fingerprint density at radius 1 is 1.38 bits per heavy atom. The van der Waals surface area contributed by atoms with Crippen molar-refractivity contribution < 1.29 is 9.59 Å². The molecule has 0 aromatic heterocycles. The highest BCUT2D eigenvalue weighted by Gasteiger charge is 2.22. The summed E-state index contributed by atoms with van der Waals surface area (Å²) in [4.78, 5) is 23.2. The lowest BCUT2D eigenvalue weighted by atomic mass is 9.96. The molecule has 3 heteroatoms. The van der Waals surface area contributed by atoms with Gasteiger partial charge in [-0.15, -0.1) is 11.8 Å². The van der Waals surface area contributed by atoms with Crippen molar-refractivity contribution in [2.75, 3.05) is 5.75 Å². The van der Waals surface area contributed by atoms with Crippen molar-refractivity contribution in [3.63, 3.8) is 0 Å². The Bertz CT molecular complexity index is 326. The summed E-state index contributed by atoms with van der Waals surface area (Å²) in [6.45, 7) is 0. The van der Waals surface area contributed by atoms with Crippen molar-refractivity contribution in [2.45, 2.75) is 19.3 Å². The number of hydrogen-bond donors (Lipinski definition) is 0. The van der Waals surface area contributed by atoms with E-state index < -0.39 is 0 Å². The number of carbonyl (C=O) groups is 2. The number of allylic oxidation sites excluding steroid dienone is 3. The maximum absolute atomic E-state index is 11.5. The zero-order valence-electron chi connectivity index (χ0n) is 7.21. The third kappa shape index (κ3) is 1.61. The van der Waals surface area contributed by atoms with Gasteiger partial charge in [0.15, 0.2) is 5.78 Å². The molecule has 0 amide bonds. The molecule has 1 aliphatic heterocycles. The minimum Gasteiger partial charge on any atom is -0.298 e. The topological polar surface area (TPSA) is 34.1 Å². The Labute approximate surface area is 81.1 Å². The van der Waals surface area contributed by atoms with E-state index in [0.29, 0.717) is 6.42 Å². The number of rotatable bonds is 1. The molecule has 0 radical (unpaired) electrons. The van der Waals surface area contributed by atoms with Gasteiger partial charge in [-0.05, 0) is 23.8 Å². The van der Waals surface area contributed by atoms with E-state index in [1.165, 1.54) is 4.91 Å². The molecule has 1 heterocycles. The van der Waals surface area contributed by atoms with Crippen LogP contribution in [0.1, 0.15) is 19.3 Å². The van der Waals surface area contributed by atoms with E-state index in [1.54, 1.807) is 17.8 Å². The van der Waals surface area contributed by atoms with E-state index in [2.05, 4.69) is 0 Å². The largest absolute Gasteiger partial charge is 0.298 e. The highest BCUT2D eigenvalue weighted by Crippen LogP contribution is 2.36. The van der Waals surface area contributed by atoms with Gasteiger partial charge in [-0.2, -0.15) is 0 Å². The molecule has 0 N–H and O–H groups in total. The summed E-state index contributed by atoms with van der Waals surface area (Å²) < 4.78 is 0. The Hall–Kier alpha value is -0.830. The number of carbonyl (C=O) groups excluding carboxylic acids is 2. The van der Waals surface area contributed by atoms with Gasteiger partial charge in [0.1, 0.15) is 6.29 Å². The summed E-state index contributed by atoms with van der Waals surface area (Å²) in [5, 5.41) is 0. The van der Waals surface area contributed by atoms with Gasteiger partial charge in [0, 0.05) is 23.3 Å². The second-order valence-corrected chi connectivity index (χ2v) is 4.31. The zero-order valence-corrected chi connectivity index (χ0v) is 8.02. The van der Waals surface area contributed by atoms with Gasteiger partial charge < -0.3 is 0 Å². The highest BCUT2D eigenvalue weighted by molar-refractivity contribution is 8.03. The molecule has 0 saturated carbocycles. The Morgan fingerprint density at radius 2 is 2.23 bits per heavy atom. The average Bonchev–Trinajstić information content (AvgIpc) is 2.18. The SMILES string of the molecule is O=CC1=CC2=C(CCCC2=O)SC1. The number of Topliss-reactive ketones (excluding diaryl/α,β-unsaturated/α-hetero) is 1. The summed E-state index contributed by atoms with van der Waals surface area (Å²) in [6.07, 6.45) is 5.23. The van der Waals surface area contributed by atoms with Crippen LogP contribution in [0, 0.1) is 0 Å². The van der Waals surface area contributed by atoms with E-state index in [-0.39, 0.29) is 5.78 Å². The van der Waals surface area contributed by atoms with Gasteiger partial charge in [0.25, 0.3) is 0 Å². The van der Waals surface area contributed by atoms with Crippen molar-refractivity contribution >= 4 is 23.8 Å². The summed E-state index contributed by atoms with van der Waals surface area (Å²) in [7, 11) is 0. The molecule has 0 aromatic rings. The molecular weight excluding hydrogens is 184 g/mol. The van der Waals surface area contributed by atoms with E-state index >= 15 is 0 Å². The lowest BCUT2D eigenvalue weighted by Crippen LogP contribution is -2.13. The number of aldehydes is 1. The standard InChI is InChI=1S/C10H10O2S/c11-5-7-4-8-9(12)2-1-3-10(8)13-6-7/h4-5H,1-3,6H2. The van der Waals surface area contributed by atoms with Crippen molar-refractivity contribution in [2.24, 2.45) is 0 Å². The predicted octanol–water partition coefficient (Wildman–Crippen LogP) is 1.87. The summed E-state index contributed by atoms with van der Waals surface area (Å²) in [5.41, 5.74) is 1.53. The first-order valence-corrected chi connectivity index (χ1v) is 5.34. The molecule has 68 valence electrons. The van der Waals surface area contributed by atoms with Crippen molar-refractivity contribution in [1.82, 2.24) is 0 Å². The van der Waals surface area contributed by atoms with Crippen LogP contribution in [0.4, 0.5) is 0 Å². The zero-order chi connectivity index (χ0) is 9.26. The third-order valence-electron chi connectivity index (χ3n) is 2.30. The molecule has 0 atom stereocenters. The van der Waals surface area contributed by atoms with Crippen LogP contribution >= 0.6 is 11.8 Å². The van der Waals surface area contributed by atoms with Gasteiger partial charge in [-0.3, -0.25) is 9.59 Å². The van der Waals surface area contributed by atoms with E-state index in [9.17, 15) is 9.59 Å². The second-order valence-electron chi connectivity index (χ2n) is 3.24. The third-order valence-corrected chi connectivity index (χ3v) is 3.55. The molecular formula is C10H10O2S. The van der Waals surface area contributed by atoms with E-state index in [1.807, 2.05) is 0 Å². The summed E-state index contributed by atoms with van der Waals surface area (Å²) >= 11 is 1.64. The number of ketones is 1. The average molecular weight is 194 g/mol. The molecule has 0 bridgehead atoms. The monoisotopic (exact) mass is 194 g/mol. The molecule has 0 fully saturated rings. The van der Waals surface area contributed by atoms with Crippen LogP contribution in [0.3, 0.4) is 0 Å². The van der Waals surface area contributed by atoms with Crippen LogP contribution in [0.5, 0.6) is 0 Å². The first kappa shape index (κ1) is 8.75. The molecule has 1 aliphatic carbocycles. The number of hydrogen-bond acceptors (Lipinski definition) is 3. The summed E-state index contributed by atoms with van der Waals surface area (Å²) in [6, 6.07) is 0. The number of thioether (sulfide) groups is 1. The van der Waals surface area contributed by atoms with E-state index in [0.717, 1.165) is 36.0 Å². The normalized spacial score (nSPS) is 22.5. The molecule has 2 nitrogen and oxygen atoms in total. The fourth-order valence-corrected chi connectivity index (χ4v) is 2.72. The Balaban J connectivity index is 2.37. The smallest absolute Gasteiger partial charge is 0.163 e. The molecule has 0 unspecified atom stereocenters. The fraction of sp³-hybridized carbons (Fsp3) is 0.400. The second kappa shape index (κ2) is 3.50. The molecule has 2 rings (SSSR count). The maximum Gasteiger partial charge on any atom is 0.163 e. The van der Waals surface area contributed by atoms with Crippen molar-refractivity contribution in [1.29, 1.82) is 0 Å².